The van der Waals surface area contributed by atoms with E-state index < -0.39 is 0 Å². The molecule has 0 N–H and O–H groups in total. The van der Waals surface area contributed by atoms with Gasteiger partial charge in [0, 0.05) is 5.56 Å². The van der Waals surface area contributed by atoms with Crippen LogP contribution in [0, 0.1) is 0 Å². The normalized spacial score (nSPS) is 23.6. The first-order chi connectivity index (χ1) is 9.36. The monoisotopic (exact) mass is 264 g/mol. The Morgan fingerprint density at radius 2 is 1.63 bits per heavy atom. The molecular weight excluding hydrogens is 242 g/mol. The summed E-state index contributed by atoms with van der Waals surface area (Å²) >= 11 is 0. The van der Waals surface area contributed by atoms with Crippen molar-refractivity contribution in [3.05, 3.63) is 35.9 Å². The highest BCUT2D eigenvalue weighted by molar-refractivity contribution is 5.13. The Morgan fingerprint density at radius 1 is 0.947 bits per heavy atom. The highest BCUT2D eigenvalue weighted by Crippen LogP contribution is 2.21. The third-order valence-electron chi connectivity index (χ3n) is 4.01. The minimum Gasteiger partial charge on any atom is -0.370 e. The van der Waals surface area contributed by atoms with Crippen LogP contribution in [0.1, 0.15) is 5.56 Å². The SMILES string of the molecule is c1ccc(C[N+]2(CC3OCCO3)CCOCC2)cc1. The average molecular weight is 264 g/mol. The zero-order chi connectivity index (χ0) is 13.0. The van der Waals surface area contributed by atoms with Gasteiger partial charge in [0.15, 0.2) is 0 Å². The lowest BCUT2D eigenvalue weighted by atomic mass is 10.1. The number of benzene rings is 1. The quantitative estimate of drug-likeness (QED) is 0.770. The van der Waals surface area contributed by atoms with E-state index in [9.17, 15) is 0 Å². The smallest absolute Gasteiger partial charge is 0.207 e. The van der Waals surface area contributed by atoms with Crippen LogP contribution in [0.5, 0.6) is 0 Å². The van der Waals surface area contributed by atoms with Crippen LogP contribution in [-0.2, 0) is 20.8 Å². The average Bonchev–Trinajstić information content (AvgIpc) is 2.93. The van der Waals surface area contributed by atoms with Gasteiger partial charge in [-0.25, -0.2) is 0 Å². The second kappa shape index (κ2) is 6.01. The number of rotatable bonds is 4. The van der Waals surface area contributed by atoms with E-state index in [1.807, 2.05) is 0 Å². The number of ether oxygens (including phenoxy) is 3. The third kappa shape index (κ3) is 3.34. The fourth-order valence-corrected chi connectivity index (χ4v) is 2.94. The zero-order valence-corrected chi connectivity index (χ0v) is 11.3. The first kappa shape index (κ1) is 13.1. The van der Waals surface area contributed by atoms with Crippen LogP contribution in [0.15, 0.2) is 30.3 Å². The Labute approximate surface area is 114 Å². The molecule has 0 aromatic heterocycles. The standard InChI is InChI=1S/C15H22NO3/c1-2-4-14(5-3-1)12-16(6-8-17-9-7-16)13-15-18-10-11-19-15/h1-5,15H,6-13H2/q+1. The Bertz CT molecular complexity index is 384. The number of hydrogen-bond donors (Lipinski definition) is 0. The second-order valence-corrected chi connectivity index (χ2v) is 5.40. The molecule has 1 aromatic rings. The van der Waals surface area contributed by atoms with Crippen molar-refractivity contribution in [2.75, 3.05) is 46.1 Å². The summed E-state index contributed by atoms with van der Waals surface area (Å²) in [5, 5.41) is 0. The molecule has 0 saturated carbocycles. The maximum atomic E-state index is 5.64. The fraction of sp³-hybridized carbons (Fsp3) is 0.600. The molecule has 0 bridgehead atoms. The molecule has 1 aromatic carbocycles. The van der Waals surface area contributed by atoms with Gasteiger partial charge in [-0.2, -0.15) is 0 Å². The van der Waals surface area contributed by atoms with Gasteiger partial charge < -0.3 is 18.7 Å². The molecule has 3 rings (SSSR count). The summed E-state index contributed by atoms with van der Waals surface area (Å²) in [6, 6.07) is 10.7. The summed E-state index contributed by atoms with van der Waals surface area (Å²) in [5.74, 6) is 0. The molecule has 2 saturated heterocycles. The first-order valence-corrected chi connectivity index (χ1v) is 7.06. The van der Waals surface area contributed by atoms with E-state index in [1.54, 1.807) is 0 Å². The summed E-state index contributed by atoms with van der Waals surface area (Å²) in [4.78, 5) is 0. The summed E-state index contributed by atoms with van der Waals surface area (Å²) < 4.78 is 17.8. The van der Waals surface area contributed by atoms with Crippen molar-refractivity contribution in [2.45, 2.75) is 12.8 Å². The molecule has 2 aliphatic heterocycles. The predicted molar refractivity (Wildman–Crippen MR) is 71.5 cm³/mol. The van der Waals surface area contributed by atoms with Crippen molar-refractivity contribution in [2.24, 2.45) is 0 Å². The molecule has 0 atom stereocenters. The first-order valence-electron chi connectivity index (χ1n) is 7.06. The summed E-state index contributed by atoms with van der Waals surface area (Å²) in [5.41, 5.74) is 1.38. The van der Waals surface area contributed by atoms with E-state index in [-0.39, 0.29) is 6.29 Å². The van der Waals surface area contributed by atoms with Crippen LogP contribution < -0.4 is 0 Å². The van der Waals surface area contributed by atoms with E-state index >= 15 is 0 Å². The van der Waals surface area contributed by atoms with Crippen molar-refractivity contribution in [3.8, 4) is 0 Å². The molecule has 0 radical (unpaired) electrons. The molecule has 2 heterocycles. The summed E-state index contributed by atoms with van der Waals surface area (Å²) in [7, 11) is 0. The zero-order valence-electron chi connectivity index (χ0n) is 11.3. The van der Waals surface area contributed by atoms with Gasteiger partial charge in [0.25, 0.3) is 0 Å². The van der Waals surface area contributed by atoms with Gasteiger partial charge in [0.05, 0.1) is 26.4 Å². The molecule has 0 spiro atoms. The number of morpholine rings is 1. The fourth-order valence-electron chi connectivity index (χ4n) is 2.94. The minimum absolute atomic E-state index is 0.0400. The van der Waals surface area contributed by atoms with Gasteiger partial charge in [-0.3, -0.25) is 0 Å². The van der Waals surface area contributed by atoms with E-state index in [0.717, 1.165) is 57.1 Å². The van der Waals surface area contributed by atoms with E-state index in [2.05, 4.69) is 30.3 Å². The van der Waals surface area contributed by atoms with Crippen molar-refractivity contribution in [3.63, 3.8) is 0 Å². The highest BCUT2D eigenvalue weighted by atomic mass is 16.7. The molecule has 4 heteroatoms. The Balaban J connectivity index is 1.71. The van der Waals surface area contributed by atoms with Crippen LogP contribution in [0.2, 0.25) is 0 Å². The minimum atomic E-state index is -0.0400. The van der Waals surface area contributed by atoms with Gasteiger partial charge in [0.2, 0.25) is 6.29 Å². The molecule has 104 valence electrons. The number of quaternary nitrogens is 1. The summed E-state index contributed by atoms with van der Waals surface area (Å²) in [6.45, 7) is 7.17. The van der Waals surface area contributed by atoms with Crippen LogP contribution in [0.4, 0.5) is 0 Å². The Hall–Kier alpha value is -0.940. The van der Waals surface area contributed by atoms with E-state index in [1.165, 1.54) is 5.56 Å². The van der Waals surface area contributed by atoms with Crippen molar-refractivity contribution >= 4 is 0 Å². The van der Waals surface area contributed by atoms with Crippen LogP contribution in [-0.4, -0.2) is 56.8 Å². The van der Waals surface area contributed by atoms with Crippen molar-refractivity contribution in [1.82, 2.24) is 0 Å². The topological polar surface area (TPSA) is 27.7 Å². The maximum absolute atomic E-state index is 5.64. The molecule has 2 fully saturated rings. The van der Waals surface area contributed by atoms with E-state index in [4.69, 9.17) is 14.2 Å². The molecule has 19 heavy (non-hydrogen) atoms. The lowest BCUT2D eigenvalue weighted by Gasteiger charge is -2.42. The Morgan fingerprint density at radius 3 is 2.32 bits per heavy atom. The second-order valence-electron chi connectivity index (χ2n) is 5.40. The number of nitrogens with zero attached hydrogens (tertiary/aromatic N) is 1. The van der Waals surface area contributed by atoms with Gasteiger partial charge in [-0.15, -0.1) is 0 Å². The lowest BCUT2D eigenvalue weighted by molar-refractivity contribution is -0.952. The number of hydrogen-bond acceptors (Lipinski definition) is 3. The van der Waals surface area contributed by atoms with Crippen LogP contribution in [0.3, 0.4) is 0 Å². The predicted octanol–water partition coefficient (Wildman–Crippen LogP) is 1.41. The molecule has 0 aliphatic carbocycles. The van der Waals surface area contributed by atoms with Crippen molar-refractivity contribution < 1.29 is 18.7 Å². The molecule has 0 amide bonds. The molecule has 4 nitrogen and oxygen atoms in total. The summed E-state index contributed by atoms with van der Waals surface area (Å²) in [6.07, 6.45) is -0.0400. The highest BCUT2D eigenvalue weighted by Gasteiger charge is 2.35. The molecule has 0 unspecified atom stereocenters. The van der Waals surface area contributed by atoms with Gasteiger partial charge in [0.1, 0.15) is 26.2 Å². The lowest BCUT2D eigenvalue weighted by Crippen LogP contribution is -2.57. The van der Waals surface area contributed by atoms with Gasteiger partial charge >= 0.3 is 0 Å². The van der Waals surface area contributed by atoms with Gasteiger partial charge in [-0.1, -0.05) is 30.3 Å². The van der Waals surface area contributed by atoms with Gasteiger partial charge in [-0.05, 0) is 0 Å². The molecule has 2 aliphatic rings. The van der Waals surface area contributed by atoms with Crippen molar-refractivity contribution in [1.29, 1.82) is 0 Å². The third-order valence-corrected chi connectivity index (χ3v) is 4.01. The van der Waals surface area contributed by atoms with Crippen LogP contribution >= 0.6 is 0 Å². The Kier molecular flexibility index (Phi) is 4.13. The largest absolute Gasteiger partial charge is 0.370 e. The maximum Gasteiger partial charge on any atom is 0.207 e. The van der Waals surface area contributed by atoms with E-state index in [0.29, 0.717) is 0 Å². The molecular formula is C15H22NO3+. The van der Waals surface area contributed by atoms with Crippen LogP contribution in [0.25, 0.3) is 0 Å².